The third-order valence-corrected chi connectivity index (χ3v) is 6.24. The van der Waals surface area contributed by atoms with Crippen molar-refractivity contribution in [1.82, 2.24) is 4.31 Å². The number of amides is 1. The lowest BCUT2D eigenvalue weighted by molar-refractivity contribution is 0.102. The summed E-state index contributed by atoms with van der Waals surface area (Å²) in [7, 11) is -0.669. The number of nitrogens with zero attached hydrogens (tertiary/aromatic N) is 1. The molecular formula is C22H22N2O4S. The van der Waals surface area contributed by atoms with E-state index in [2.05, 4.69) is 5.32 Å². The number of hydrogen-bond acceptors (Lipinski definition) is 4. The van der Waals surface area contributed by atoms with Gasteiger partial charge in [-0.25, -0.2) is 12.7 Å². The molecule has 0 atom stereocenters. The van der Waals surface area contributed by atoms with E-state index in [4.69, 9.17) is 4.74 Å². The van der Waals surface area contributed by atoms with Gasteiger partial charge >= 0.3 is 0 Å². The van der Waals surface area contributed by atoms with Crippen LogP contribution in [0.15, 0.2) is 77.7 Å². The van der Waals surface area contributed by atoms with Crippen molar-refractivity contribution in [3.8, 4) is 11.5 Å². The molecule has 3 rings (SSSR count). The highest BCUT2D eigenvalue weighted by atomic mass is 32.2. The molecule has 29 heavy (non-hydrogen) atoms. The minimum atomic E-state index is -3.61. The van der Waals surface area contributed by atoms with Crippen LogP contribution in [0.4, 0.5) is 5.69 Å². The third kappa shape index (κ3) is 4.82. The molecule has 6 nitrogen and oxygen atoms in total. The first-order valence-electron chi connectivity index (χ1n) is 8.95. The van der Waals surface area contributed by atoms with Crippen LogP contribution in [-0.2, 0) is 10.0 Å². The van der Waals surface area contributed by atoms with E-state index in [9.17, 15) is 13.2 Å². The molecule has 0 radical (unpaired) electrons. The summed E-state index contributed by atoms with van der Waals surface area (Å²) in [5.41, 5.74) is 1.40. The summed E-state index contributed by atoms with van der Waals surface area (Å²) in [5.74, 6) is 0.839. The molecular weight excluding hydrogens is 388 g/mol. The van der Waals surface area contributed by atoms with Gasteiger partial charge in [0.05, 0.1) is 4.90 Å². The molecule has 0 saturated heterocycles. The molecule has 0 spiro atoms. The van der Waals surface area contributed by atoms with E-state index in [1.807, 2.05) is 30.3 Å². The molecule has 7 heteroatoms. The van der Waals surface area contributed by atoms with Gasteiger partial charge in [-0.15, -0.1) is 0 Å². The Bertz CT molecular complexity index is 1130. The summed E-state index contributed by atoms with van der Waals surface area (Å²) in [4.78, 5) is 12.8. The number of benzene rings is 3. The van der Waals surface area contributed by atoms with Crippen molar-refractivity contribution in [1.29, 1.82) is 0 Å². The fraction of sp³-hybridized carbons (Fsp3) is 0.136. The second-order valence-corrected chi connectivity index (χ2v) is 8.79. The fourth-order valence-corrected chi connectivity index (χ4v) is 3.83. The smallest absolute Gasteiger partial charge is 0.255 e. The highest BCUT2D eigenvalue weighted by Gasteiger charge is 2.20. The topological polar surface area (TPSA) is 75.7 Å². The Hall–Kier alpha value is -3.16. The fourth-order valence-electron chi connectivity index (χ4n) is 2.68. The number of sulfonamides is 1. The van der Waals surface area contributed by atoms with Gasteiger partial charge in [-0.3, -0.25) is 4.79 Å². The molecule has 0 heterocycles. The van der Waals surface area contributed by atoms with Gasteiger partial charge in [0.25, 0.3) is 5.91 Å². The van der Waals surface area contributed by atoms with Crippen LogP contribution in [0.3, 0.4) is 0 Å². The average molecular weight is 410 g/mol. The van der Waals surface area contributed by atoms with Crippen LogP contribution in [-0.4, -0.2) is 32.7 Å². The van der Waals surface area contributed by atoms with Crippen molar-refractivity contribution < 1.29 is 17.9 Å². The van der Waals surface area contributed by atoms with Crippen LogP contribution >= 0.6 is 0 Å². The zero-order chi connectivity index (χ0) is 21.0. The Morgan fingerprint density at radius 3 is 2.28 bits per heavy atom. The molecule has 0 unspecified atom stereocenters. The van der Waals surface area contributed by atoms with E-state index in [-0.39, 0.29) is 10.8 Å². The first kappa shape index (κ1) is 20.6. The maximum Gasteiger partial charge on any atom is 0.255 e. The molecule has 0 fully saturated rings. The van der Waals surface area contributed by atoms with Crippen molar-refractivity contribution in [2.24, 2.45) is 0 Å². The van der Waals surface area contributed by atoms with Gasteiger partial charge in [-0.1, -0.05) is 30.3 Å². The molecule has 0 aliphatic rings. The third-order valence-electron chi connectivity index (χ3n) is 4.28. The van der Waals surface area contributed by atoms with Crippen molar-refractivity contribution in [3.63, 3.8) is 0 Å². The minimum absolute atomic E-state index is 0.154. The molecule has 3 aromatic rings. The molecule has 0 aliphatic carbocycles. The zero-order valence-corrected chi connectivity index (χ0v) is 17.2. The number of hydrogen-bond donors (Lipinski definition) is 1. The van der Waals surface area contributed by atoms with Gasteiger partial charge in [-0.05, 0) is 55.0 Å². The Balaban J connectivity index is 1.81. The number of para-hydroxylation sites is 1. The zero-order valence-electron chi connectivity index (χ0n) is 16.4. The summed E-state index contributed by atoms with van der Waals surface area (Å²) in [5, 5.41) is 2.75. The number of ether oxygens (including phenoxy) is 1. The van der Waals surface area contributed by atoms with E-state index < -0.39 is 10.0 Å². The molecule has 3 aromatic carbocycles. The van der Waals surface area contributed by atoms with E-state index in [0.717, 1.165) is 4.31 Å². The van der Waals surface area contributed by atoms with Crippen LogP contribution < -0.4 is 10.1 Å². The summed E-state index contributed by atoms with van der Waals surface area (Å²) in [6.07, 6.45) is 0. The number of rotatable bonds is 6. The maximum absolute atomic E-state index is 12.7. The Morgan fingerprint density at radius 1 is 0.897 bits per heavy atom. The summed E-state index contributed by atoms with van der Waals surface area (Å²) in [6, 6.07) is 20.9. The lowest BCUT2D eigenvalue weighted by atomic mass is 10.2. The van der Waals surface area contributed by atoms with Crippen molar-refractivity contribution in [3.05, 3.63) is 83.9 Å². The summed E-state index contributed by atoms with van der Waals surface area (Å²) < 4.78 is 31.9. The molecule has 0 aromatic heterocycles. The van der Waals surface area contributed by atoms with Gasteiger partial charge < -0.3 is 10.1 Å². The Kier molecular flexibility index (Phi) is 6.00. The SMILES string of the molecule is Cc1ccc(NC(=O)c2cccc(Oc3ccccc3)c2)cc1S(=O)(=O)N(C)C. The van der Waals surface area contributed by atoms with Gasteiger partial charge in [0.15, 0.2) is 0 Å². The van der Waals surface area contributed by atoms with E-state index in [0.29, 0.717) is 28.3 Å². The highest BCUT2D eigenvalue weighted by Crippen LogP contribution is 2.24. The van der Waals surface area contributed by atoms with Gasteiger partial charge in [-0.2, -0.15) is 0 Å². The number of aryl methyl sites for hydroxylation is 1. The monoisotopic (exact) mass is 410 g/mol. The lowest BCUT2D eigenvalue weighted by Gasteiger charge is -2.15. The van der Waals surface area contributed by atoms with Gasteiger partial charge in [0.2, 0.25) is 10.0 Å². The van der Waals surface area contributed by atoms with Crippen LogP contribution in [0.25, 0.3) is 0 Å². The van der Waals surface area contributed by atoms with Crippen LogP contribution in [0.1, 0.15) is 15.9 Å². The van der Waals surface area contributed by atoms with Crippen LogP contribution in [0, 0.1) is 6.92 Å². The van der Waals surface area contributed by atoms with Gasteiger partial charge in [0.1, 0.15) is 11.5 Å². The number of nitrogens with one attached hydrogen (secondary N) is 1. The minimum Gasteiger partial charge on any atom is -0.457 e. The lowest BCUT2D eigenvalue weighted by Crippen LogP contribution is -2.23. The largest absolute Gasteiger partial charge is 0.457 e. The predicted molar refractivity (Wildman–Crippen MR) is 113 cm³/mol. The molecule has 1 amide bonds. The number of anilines is 1. The predicted octanol–water partition coefficient (Wildman–Crippen LogP) is 4.29. The quantitative estimate of drug-likeness (QED) is 0.658. The second-order valence-electron chi connectivity index (χ2n) is 6.66. The highest BCUT2D eigenvalue weighted by molar-refractivity contribution is 7.89. The molecule has 0 aliphatic heterocycles. The van der Waals surface area contributed by atoms with Crippen molar-refractivity contribution in [2.75, 3.05) is 19.4 Å². The molecule has 0 bridgehead atoms. The first-order valence-corrected chi connectivity index (χ1v) is 10.4. The van der Waals surface area contributed by atoms with E-state index in [1.165, 1.54) is 20.2 Å². The normalized spacial score (nSPS) is 11.3. The summed E-state index contributed by atoms with van der Waals surface area (Å²) in [6.45, 7) is 1.71. The number of carbonyl (C=O) groups is 1. The maximum atomic E-state index is 12.7. The van der Waals surface area contributed by atoms with E-state index in [1.54, 1.807) is 43.3 Å². The molecule has 150 valence electrons. The summed E-state index contributed by atoms with van der Waals surface area (Å²) >= 11 is 0. The van der Waals surface area contributed by atoms with Crippen molar-refractivity contribution in [2.45, 2.75) is 11.8 Å². The standard InChI is InChI=1S/C22H22N2O4S/c1-16-12-13-18(15-21(16)29(26,27)24(2)3)23-22(25)17-8-7-11-20(14-17)28-19-9-5-4-6-10-19/h4-15H,1-3H3,(H,23,25). The molecule has 1 N–H and O–H groups in total. The second kappa shape index (κ2) is 8.46. The van der Waals surface area contributed by atoms with E-state index >= 15 is 0 Å². The average Bonchev–Trinajstić information content (AvgIpc) is 2.70. The number of carbonyl (C=O) groups excluding carboxylic acids is 1. The Morgan fingerprint density at radius 2 is 1.59 bits per heavy atom. The first-order chi connectivity index (χ1) is 13.8. The van der Waals surface area contributed by atoms with Crippen LogP contribution in [0.5, 0.6) is 11.5 Å². The van der Waals surface area contributed by atoms with Gasteiger partial charge in [0, 0.05) is 25.3 Å². The van der Waals surface area contributed by atoms with Crippen molar-refractivity contribution >= 4 is 21.6 Å². The van der Waals surface area contributed by atoms with Crippen LogP contribution in [0.2, 0.25) is 0 Å². The Labute approximate surface area is 170 Å². The molecule has 0 saturated carbocycles.